The number of thiocarbonyl (C=S) groups is 1. The van der Waals surface area contributed by atoms with Crippen LogP contribution in [0.2, 0.25) is 10.0 Å². The van der Waals surface area contributed by atoms with E-state index in [-0.39, 0.29) is 26.5 Å². The van der Waals surface area contributed by atoms with Crippen LogP contribution in [0.4, 0.5) is 11.4 Å². The fourth-order valence-corrected chi connectivity index (χ4v) is 1.58. The van der Waals surface area contributed by atoms with E-state index in [1.54, 1.807) is 0 Å². The van der Waals surface area contributed by atoms with Crippen molar-refractivity contribution in [3.8, 4) is 0 Å². The van der Waals surface area contributed by atoms with E-state index in [0.29, 0.717) is 0 Å². The first kappa shape index (κ1) is 12.0. The summed E-state index contributed by atoms with van der Waals surface area (Å²) in [5.74, 6) is 0. The zero-order valence-corrected chi connectivity index (χ0v) is 9.49. The standard InChI is InChI=1S/C7H5Cl2N3O2S/c8-3-1-4(9)6(11-7(10)15)5(2-3)12(13)14/h1-2H,(H3,10,11,15). The Morgan fingerprint density at radius 3 is 2.60 bits per heavy atom. The summed E-state index contributed by atoms with van der Waals surface area (Å²) in [7, 11) is 0. The summed E-state index contributed by atoms with van der Waals surface area (Å²) in [4.78, 5) is 10.0. The highest BCUT2D eigenvalue weighted by atomic mass is 35.5. The number of anilines is 1. The lowest BCUT2D eigenvalue weighted by Gasteiger charge is -2.07. The van der Waals surface area contributed by atoms with E-state index in [4.69, 9.17) is 28.9 Å². The average Bonchev–Trinajstić information content (AvgIpc) is 2.08. The number of hydrogen-bond acceptors (Lipinski definition) is 3. The molecule has 0 heterocycles. The summed E-state index contributed by atoms with van der Waals surface area (Å²) in [6.07, 6.45) is 0. The first-order valence-corrected chi connectivity index (χ1v) is 4.78. The second-order valence-corrected chi connectivity index (χ2v) is 3.81. The summed E-state index contributed by atoms with van der Waals surface area (Å²) in [6.45, 7) is 0. The molecule has 0 fully saturated rings. The van der Waals surface area contributed by atoms with E-state index in [0.717, 1.165) is 6.07 Å². The molecule has 0 unspecified atom stereocenters. The van der Waals surface area contributed by atoms with Crippen LogP contribution in [0.15, 0.2) is 12.1 Å². The number of hydrogen-bond donors (Lipinski definition) is 2. The van der Waals surface area contributed by atoms with E-state index in [1.165, 1.54) is 6.07 Å². The van der Waals surface area contributed by atoms with Crippen LogP contribution in [0.1, 0.15) is 0 Å². The number of rotatable bonds is 2. The van der Waals surface area contributed by atoms with Crippen molar-refractivity contribution in [3.63, 3.8) is 0 Å². The molecule has 0 amide bonds. The molecular weight excluding hydrogens is 261 g/mol. The SMILES string of the molecule is NC(=S)Nc1c(Cl)cc(Cl)cc1[N+](=O)[O-]. The van der Waals surface area contributed by atoms with Crippen molar-refractivity contribution < 1.29 is 4.92 Å². The van der Waals surface area contributed by atoms with Gasteiger partial charge in [0.1, 0.15) is 5.69 Å². The number of benzene rings is 1. The van der Waals surface area contributed by atoms with Gasteiger partial charge in [-0.3, -0.25) is 10.1 Å². The second-order valence-electron chi connectivity index (χ2n) is 2.53. The third-order valence-electron chi connectivity index (χ3n) is 1.48. The van der Waals surface area contributed by atoms with Crippen LogP contribution < -0.4 is 11.1 Å². The molecule has 1 aromatic rings. The molecule has 0 bridgehead atoms. The summed E-state index contributed by atoms with van der Waals surface area (Å²) < 4.78 is 0. The molecule has 5 nitrogen and oxygen atoms in total. The van der Waals surface area contributed by atoms with Crippen LogP contribution in [0.25, 0.3) is 0 Å². The average molecular weight is 266 g/mol. The van der Waals surface area contributed by atoms with Gasteiger partial charge in [0, 0.05) is 11.1 Å². The molecule has 0 aliphatic carbocycles. The second kappa shape index (κ2) is 4.61. The minimum Gasteiger partial charge on any atom is -0.376 e. The molecule has 1 rings (SSSR count). The zero-order valence-electron chi connectivity index (χ0n) is 7.16. The van der Waals surface area contributed by atoms with Gasteiger partial charge in [0.25, 0.3) is 5.69 Å². The van der Waals surface area contributed by atoms with Gasteiger partial charge in [0.2, 0.25) is 0 Å². The molecule has 0 aliphatic rings. The van der Waals surface area contributed by atoms with Crippen LogP contribution >= 0.6 is 35.4 Å². The van der Waals surface area contributed by atoms with Crippen molar-refractivity contribution in [2.75, 3.05) is 5.32 Å². The molecule has 8 heteroatoms. The first-order valence-electron chi connectivity index (χ1n) is 3.61. The largest absolute Gasteiger partial charge is 0.376 e. The number of nitro groups is 1. The van der Waals surface area contributed by atoms with Crippen molar-refractivity contribution in [2.45, 2.75) is 0 Å². The monoisotopic (exact) mass is 265 g/mol. The normalized spacial score (nSPS) is 9.73. The minimum atomic E-state index is -0.627. The molecule has 0 saturated carbocycles. The van der Waals surface area contributed by atoms with E-state index in [2.05, 4.69) is 17.5 Å². The lowest BCUT2D eigenvalue weighted by atomic mass is 10.2. The lowest BCUT2D eigenvalue weighted by Crippen LogP contribution is -2.19. The molecule has 15 heavy (non-hydrogen) atoms. The van der Waals surface area contributed by atoms with Gasteiger partial charge in [-0.25, -0.2) is 0 Å². The van der Waals surface area contributed by atoms with Crippen LogP contribution in [-0.4, -0.2) is 10.0 Å². The first-order chi connectivity index (χ1) is 6.91. The minimum absolute atomic E-state index is 0.0403. The smallest absolute Gasteiger partial charge is 0.295 e. The summed E-state index contributed by atoms with van der Waals surface area (Å²) in [6, 6.07) is 2.52. The van der Waals surface area contributed by atoms with Gasteiger partial charge in [-0.2, -0.15) is 0 Å². The zero-order chi connectivity index (χ0) is 11.6. The van der Waals surface area contributed by atoms with Crippen molar-refractivity contribution >= 4 is 51.9 Å². The van der Waals surface area contributed by atoms with Crippen LogP contribution in [0.5, 0.6) is 0 Å². The van der Waals surface area contributed by atoms with Crippen molar-refractivity contribution in [1.82, 2.24) is 0 Å². The third-order valence-corrected chi connectivity index (χ3v) is 2.10. The van der Waals surface area contributed by atoms with Gasteiger partial charge in [-0.15, -0.1) is 0 Å². The highest BCUT2D eigenvalue weighted by Gasteiger charge is 2.18. The topological polar surface area (TPSA) is 81.2 Å². The van der Waals surface area contributed by atoms with Crippen LogP contribution in [0.3, 0.4) is 0 Å². The maximum Gasteiger partial charge on any atom is 0.295 e. The Morgan fingerprint density at radius 2 is 2.13 bits per heavy atom. The Labute approximate surface area is 100 Å². The van der Waals surface area contributed by atoms with Gasteiger partial charge in [0.15, 0.2) is 5.11 Å². The lowest BCUT2D eigenvalue weighted by molar-refractivity contribution is -0.383. The molecule has 80 valence electrons. The molecule has 0 aromatic heterocycles. The molecule has 0 spiro atoms. The number of nitrogens with zero attached hydrogens (tertiary/aromatic N) is 1. The highest BCUT2D eigenvalue weighted by Crippen LogP contribution is 2.35. The Hall–Kier alpha value is -1.11. The van der Waals surface area contributed by atoms with Gasteiger partial charge in [-0.1, -0.05) is 23.2 Å². The quantitative estimate of drug-likeness (QED) is 0.488. The third kappa shape index (κ3) is 2.92. The number of nitro benzene ring substituents is 1. The fraction of sp³-hybridized carbons (Fsp3) is 0. The van der Waals surface area contributed by atoms with E-state index in [9.17, 15) is 10.1 Å². The molecular formula is C7H5Cl2N3O2S. The van der Waals surface area contributed by atoms with Crippen LogP contribution in [-0.2, 0) is 0 Å². The van der Waals surface area contributed by atoms with Gasteiger partial charge >= 0.3 is 0 Å². The van der Waals surface area contributed by atoms with Crippen molar-refractivity contribution in [3.05, 3.63) is 32.3 Å². The molecule has 0 radical (unpaired) electrons. The molecule has 0 aliphatic heterocycles. The van der Waals surface area contributed by atoms with Gasteiger partial charge < -0.3 is 11.1 Å². The Bertz CT molecular complexity index is 438. The van der Waals surface area contributed by atoms with Crippen molar-refractivity contribution in [2.24, 2.45) is 5.73 Å². The Balaban J connectivity index is 3.33. The number of nitrogens with two attached hydrogens (primary N) is 1. The Kier molecular flexibility index (Phi) is 3.67. The summed E-state index contributed by atoms with van der Waals surface area (Å²) in [5, 5.41) is 13.2. The van der Waals surface area contributed by atoms with E-state index < -0.39 is 4.92 Å². The molecule has 3 N–H and O–H groups in total. The Morgan fingerprint density at radius 1 is 1.53 bits per heavy atom. The van der Waals surface area contributed by atoms with E-state index in [1.807, 2.05) is 0 Å². The summed E-state index contributed by atoms with van der Waals surface area (Å²) >= 11 is 15.9. The molecule has 0 atom stereocenters. The number of nitrogens with one attached hydrogen (secondary N) is 1. The number of halogens is 2. The molecule has 0 saturated heterocycles. The van der Waals surface area contributed by atoms with Crippen LogP contribution in [0, 0.1) is 10.1 Å². The maximum atomic E-state index is 10.7. The van der Waals surface area contributed by atoms with Gasteiger partial charge in [0.05, 0.1) is 9.95 Å². The van der Waals surface area contributed by atoms with E-state index >= 15 is 0 Å². The van der Waals surface area contributed by atoms with Crippen molar-refractivity contribution in [1.29, 1.82) is 0 Å². The predicted octanol–water partition coefficient (Wildman–Crippen LogP) is 2.56. The highest BCUT2D eigenvalue weighted by molar-refractivity contribution is 7.80. The molecule has 1 aromatic carbocycles. The summed E-state index contributed by atoms with van der Waals surface area (Å²) in [5.41, 5.74) is 4.97. The van der Waals surface area contributed by atoms with Gasteiger partial charge in [-0.05, 0) is 18.3 Å². The predicted molar refractivity (Wildman–Crippen MR) is 63.5 cm³/mol. The fourth-order valence-electron chi connectivity index (χ4n) is 0.951. The maximum absolute atomic E-state index is 10.7.